The molecule has 104 heavy (non-hydrogen) atoms. The molecule has 0 saturated carbocycles. The van der Waals surface area contributed by atoms with Gasteiger partial charge in [0, 0.05) is 38.1 Å². The molecule has 2 heterocycles. The van der Waals surface area contributed by atoms with E-state index in [0.717, 1.165) is 138 Å². The Morgan fingerprint density at radius 3 is 0.942 bits per heavy atom. The minimum atomic E-state index is -4.69. The molecule has 2 aromatic heterocycles. The Hall–Kier alpha value is -4.48. The highest BCUT2D eigenvalue weighted by molar-refractivity contribution is 7.46. The van der Waals surface area contributed by atoms with Crippen molar-refractivity contribution in [2.75, 3.05) is 95.0 Å². The van der Waals surface area contributed by atoms with Crippen molar-refractivity contribution in [2.24, 2.45) is 0 Å². The van der Waals surface area contributed by atoms with Crippen LogP contribution in [0.2, 0.25) is 0 Å². The Labute approximate surface area is 626 Å². The second-order valence-electron chi connectivity index (χ2n) is 30.6. The summed E-state index contributed by atoms with van der Waals surface area (Å²) in [6.45, 7) is 4.79. The lowest BCUT2D eigenvalue weighted by atomic mass is 10.0. The molecule has 1 aromatic carbocycles. The van der Waals surface area contributed by atoms with Crippen molar-refractivity contribution in [2.45, 2.75) is 322 Å². The number of rotatable bonds is 70. The van der Waals surface area contributed by atoms with Gasteiger partial charge < -0.3 is 55.8 Å². The minimum Gasteiger partial charge on any atom is -0.756 e. The topological polar surface area (TPSA) is 284 Å². The average molecular weight is 1510 g/mol. The van der Waals surface area contributed by atoms with Crippen molar-refractivity contribution in [3.05, 3.63) is 59.2 Å². The quantitative estimate of drug-likeness (QED) is 0.0167. The Balaban J connectivity index is 1.28. The molecule has 2 unspecified atom stereocenters. The summed E-state index contributed by atoms with van der Waals surface area (Å²) in [4.78, 5) is 76.3. The largest absolute Gasteiger partial charge is 0.756 e. The van der Waals surface area contributed by atoms with Crippen molar-refractivity contribution in [1.29, 1.82) is 0 Å². The van der Waals surface area contributed by atoms with E-state index in [1.807, 2.05) is 64.0 Å². The first kappa shape index (κ1) is 93.7. The average Bonchev–Trinajstić information content (AvgIpc) is 1.69. The molecule has 26 heteroatoms. The van der Waals surface area contributed by atoms with Gasteiger partial charge in [-0.3, -0.25) is 28.3 Å². The van der Waals surface area contributed by atoms with Gasteiger partial charge in [0.1, 0.15) is 39.5 Å². The third-order valence-corrected chi connectivity index (χ3v) is 20.2. The molecule has 0 aliphatic heterocycles. The molecule has 4 atom stereocenters. The number of benzene rings is 1. The number of esters is 4. The highest BCUT2D eigenvalue weighted by Gasteiger charge is 2.24. The molecule has 0 amide bonds. The van der Waals surface area contributed by atoms with E-state index in [1.165, 1.54) is 116 Å². The number of phosphoric acid groups is 2. The normalized spacial score (nSPS) is 13.7. The first-order chi connectivity index (χ1) is 49.9. The molecule has 0 aliphatic rings. The lowest BCUT2D eigenvalue weighted by Gasteiger charge is -2.28. The number of likely N-dealkylation sites (N-methyl/N-ethyl adjacent to an activating group) is 2. The van der Waals surface area contributed by atoms with Crippen LogP contribution in [0.4, 0.5) is 0 Å². The summed E-state index contributed by atoms with van der Waals surface area (Å²) < 4.78 is 72.2. The van der Waals surface area contributed by atoms with Gasteiger partial charge in [0.05, 0.1) is 80.0 Å². The molecule has 598 valence electrons. The molecule has 0 aliphatic carbocycles. The van der Waals surface area contributed by atoms with Gasteiger partial charge in [0.2, 0.25) is 0 Å². The predicted octanol–water partition coefficient (Wildman–Crippen LogP) is 15.8. The van der Waals surface area contributed by atoms with Crippen LogP contribution in [0.15, 0.2) is 36.7 Å². The summed E-state index contributed by atoms with van der Waals surface area (Å²) in [7, 11) is 2.11. The number of hydrogen-bond acceptors (Lipinski definition) is 20. The number of hydrogen-bond donors (Lipinski definition) is 0. The number of aromatic nitrogens is 6. The fourth-order valence-corrected chi connectivity index (χ4v) is 13.3. The second-order valence-corrected chi connectivity index (χ2v) is 33.5. The first-order valence-corrected chi connectivity index (χ1v) is 43.2. The molecular weight excluding hydrogens is 1370 g/mol. The fraction of sp³-hybridized carbons (Fsp3) is 0.821. The summed E-state index contributed by atoms with van der Waals surface area (Å²) in [6, 6.07) is 8.37. The van der Waals surface area contributed by atoms with Crippen LogP contribution in [0, 0.1) is 0 Å². The van der Waals surface area contributed by atoms with Gasteiger partial charge in [0.15, 0.2) is 12.2 Å². The van der Waals surface area contributed by atoms with Gasteiger partial charge >= 0.3 is 23.9 Å². The van der Waals surface area contributed by atoms with Crippen LogP contribution >= 0.6 is 15.6 Å². The maximum Gasteiger partial charge on any atom is 0.306 e. The van der Waals surface area contributed by atoms with Gasteiger partial charge in [-0.05, 0) is 62.5 Å². The van der Waals surface area contributed by atoms with Crippen LogP contribution < -0.4 is 9.79 Å². The van der Waals surface area contributed by atoms with Crippen LogP contribution in [0.5, 0.6) is 0 Å². The monoisotopic (exact) mass is 1510 g/mol. The SMILES string of the molecule is CCCCCCCCCCCCCCCC(=O)OC[C@H](COP(=O)([O-])OCC[N+](C)(C)C)OC(=O)CCCCCCCCc1cn(Cc2ccc(Cn3cc(CCCCCCCCC(=O)O[C@H](COC(=O)CCCCCCCCCCCCCCC)COP(=O)([O-])OCC[N+](C)(C)C)nn3)cc2)nn1. The molecule has 0 spiro atoms. The Kier molecular flexibility index (Phi) is 51.9. The zero-order valence-electron chi connectivity index (χ0n) is 65.8. The van der Waals surface area contributed by atoms with Gasteiger partial charge in [0.25, 0.3) is 15.6 Å². The lowest BCUT2D eigenvalue weighted by molar-refractivity contribution is -0.870. The Bertz CT molecular complexity index is 2590. The van der Waals surface area contributed by atoms with Gasteiger partial charge in [-0.15, -0.1) is 10.2 Å². The van der Waals surface area contributed by atoms with E-state index < -0.39 is 64.9 Å². The van der Waals surface area contributed by atoms with Crippen molar-refractivity contribution in [1.82, 2.24) is 30.0 Å². The highest BCUT2D eigenvalue weighted by Crippen LogP contribution is 2.39. The van der Waals surface area contributed by atoms with Crippen LogP contribution in [-0.4, -0.2) is 170 Å². The van der Waals surface area contributed by atoms with E-state index in [0.29, 0.717) is 60.8 Å². The Morgan fingerprint density at radius 1 is 0.385 bits per heavy atom. The van der Waals surface area contributed by atoms with E-state index in [2.05, 4.69) is 58.7 Å². The smallest absolute Gasteiger partial charge is 0.306 e. The molecule has 24 nitrogen and oxygen atoms in total. The van der Waals surface area contributed by atoms with Crippen LogP contribution in [0.25, 0.3) is 0 Å². The zero-order valence-corrected chi connectivity index (χ0v) is 67.6. The first-order valence-electron chi connectivity index (χ1n) is 40.3. The van der Waals surface area contributed by atoms with Gasteiger partial charge in [-0.25, -0.2) is 9.36 Å². The van der Waals surface area contributed by atoms with Gasteiger partial charge in [-0.2, -0.15) is 0 Å². The molecule has 0 bridgehead atoms. The van der Waals surface area contributed by atoms with Crippen LogP contribution in [0.1, 0.15) is 306 Å². The van der Waals surface area contributed by atoms with Crippen molar-refractivity contribution in [3.8, 4) is 0 Å². The van der Waals surface area contributed by atoms with E-state index in [4.69, 9.17) is 37.0 Å². The summed E-state index contributed by atoms with van der Waals surface area (Å²) in [5, 5.41) is 17.6. The third kappa shape index (κ3) is 54.2. The van der Waals surface area contributed by atoms with Crippen molar-refractivity contribution < 1.29 is 84.1 Å². The van der Waals surface area contributed by atoms with Gasteiger partial charge in [-0.1, -0.05) is 254 Å². The van der Waals surface area contributed by atoms with E-state index >= 15 is 0 Å². The molecule has 3 rings (SSSR count). The maximum atomic E-state index is 12.9. The summed E-state index contributed by atoms with van der Waals surface area (Å²) in [5.41, 5.74) is 4.08. The molecule has 0 fully saturated rings. The highest BCUT2D eigenvalue weighted by atomic mass is 31.2. The van der Waals surface area contributed by atoms with Crippen molar-refractivity contribution >= 4 is 39.5 Å². The summed E-state index contributed by atoms with van der Waals surface area (Å²) >= 11 is 0. The molecule has 0 N–H and O–H groups in total. The number of nitrogens with zero attached hydrogens (tertiary/aromatic N) is 8. The summed E-state index contributed by atoms with van der Waals surface area (Å²) in [6.07, 6.45) is 46.0. The molecular formula is C78H140N8O16P2. The standard InChI is InChI=1S/C78H140N8O16P2/c1-9-11-13-15-17-19-21-23-25-27-29-37-43-49-75(87)95-65-73(67-99-103(91,92)97-59-57-85(3,4)5)101-77(89)51-45-39-33-31-35-41-47-71-63-83(81-79-71)61-69-53-55-70(56-54-69)62-84-64-72(80-82-84)48-42-36-32-34-40-46-52-78(90)102-74(68-100-104(93,94)98-60-58-86(6,7)8)66-96-76(88)50-44-38-30-28-26-24-22-20-18-16-14-12-10-2/h53-56,63-64,73-74H,9-52,57-62,65-68H2,1-8H3/t73-,74-/m1/s1. The molecule has 0 saturated heterocycles. The summed E-state index contributed by atoms with van der Waals surface area (Å²) in [5.74, 6) is -1.85. The van der Waals surface area contributed by atoms with E-state index in [1.54, 1.807) is 0 Å². The number of carbonyl (C=O) groups is 4. The Morgan fingerprint density at radius 2 is 0.654 bits per heavy atom. The maximum absolute atomic E-state index is 12.9. The van der Waals surface area contributed by atoms with Crippen LogP contribution in [0.3, 0.4) is 0 Å². The second kappa shape index (κ2) is 57.6. The molecule has 3 aromatic rings. The van der Waals surface area contributed by atoms with Crippen LogP contribution in [-0.2, 0) is 91.3 Å². The number of aryl methyl sites for hydroxylation is 2. The zero-order chi connectivity index (χ0) is 75.8. The minimum absolute atomic E-state index is 0.0656. The number of ether oxygens (including phenoxy) is 4. The number of quaternary nitrogens is 2. The molecule has 0 radical (unpaired) electrons. The number of unbranched alkanes of at least 4 members (excludes halogenated alkanes) is 34. The third-order valence-electron chi connectivity index (χ3n) is 18.3. The van der Waals surface area contributed by atoms with E-state index in [-0.39, 0.29) is 52.1 Å². The van der Waals surface area contributed by atoms with E-state index in [9.17, 15) is 38.1 Å². The fourth-order valence-electron chi connectivity index (χ4n) is 11.8. The lowest BCUT2D eigenvalue weighted by Crippen LogP contribution is -2.37. The van der Waals surface area contributed by atoms with Crippen molar-refractivity contribution in [3.63, 3.8) is 0 Å². The predicted molar refractivity (Wildman–Crippen MR) is 404 cm³/mol. The number of phosphoric ester groups is 2. The number of carbonyl (C=O) groups excluding carboxylic acids is 4.